The number of carbonyl (C=O) groups excluding carboxylic acids is 1. The third-order valence-corrected chi connectivity index (χ3v) is 8.09. The summed E-state index contributed by atoms with van der Waals surface area (Å²) < 4.78 is 50.4. The summed E-state index contributed by atoms with van der Waals surface area (Å²) in [4.78, 5) is 27.5. The fourth-order valence-electron chi connectivity index (χ4n) is 5.37. The molecule has 0 radical (unpaired) electrons. The Balaban J connectivity index is 1.37. The Kier molecular flexibility index (Phi) is 8.78. The fourth-order valence-corrected chi connectivity index (χ4v) is 5.37. The van der Waals surface area contributed by atoms with Crippen molar-refractivity contribution in [3.8, 4) is 16.9 Å². The first-order valence-electron chi connectivity index (χ1n) is 14.4. The minimum Gasteiger partial charge on any atom is -0.478 e. The zero-order chi connectivity index (χ0) is 31.6. The highest BCUT2D eigenvalue weighted by atomic mass is 19.2. The predicted molar refractivity (Wildman–Crippen MR) is 159 cm³/mol. The van der Waals surface area contributed by atoms with Gasteiger partial charge in [0.15, 0.2) is 17.5 Å². The Morgan fingerprint density at radius 1 is 1.05 bits per heavy atom. The normalized spacial score (nSPS) is 16.5. The molecule has 1 N–H and O–H groups in total. The third-order valence-electron chi connectivity index (χ3n) is 8.09. The summed E-state index contributed by atoms with van der Waals surface area (Å²) in [5, 5.41) is 13.8. The highest BCUT2D eigenvalue weighted by molar-refractivity contribution is 5.92. The van der Waals surface area contributed by atoms with Crippen molar-refractivity contribution in [2.75, 3.05) is 25.0 Å². The largest absolute Gasteiger partial charge is 0.478 e. The summed E-state index contributed by atoms with van der Waals surface area (Å²) in [7, 11) is 1.86. The number of hydrogen-bond acceptors (Lipinski definition) is 5. The number of amides is 1. The molecule has 2 heterocycles. The van der Waals surface area contributed by atoms with Crippen LogP contribution < -0.4 is 4.90 Å². The lowest BCUT2D eigenvalue weighted by Crippen LogP contribution is -2.37. The van der Waals surface area contributed by atoms with Gasteiger partial charge in [-0.15, -0.1) is 0 Å². The van der Waals surface area contributed by atoms with E-state index in [2.05, 4.69) is 5.10 Å². The molecule has 0 bridgehead atoms. The maximum atomic E-state index is 15.0. The van der Waals surface area contributed by atoms with Crippen LogP contribution in [-0.4, -0.2) is 57.6 Å². The van der Waals surface area contributed by atoms with Gasteiger partial charge in [-0.2, -0.15) is 5.10 Å². The minimum atomic E-state index is -1.56. The molecule has 8 nitrogen and oxygen atoms in total. The van der Waals surface area contributed by atoms with Crippen molar-refractivity contribution in [2.24, 2.45) is 0 Å². The molecule has 1 saturated heterocycles. The smallest absolute Gasteiger partial charge is 0.415 e. The summed E-state index contributed by atoms with van der Waals surface area (Å²) in [6, 6.07) is 15.8. The molecular weight excluding hydrogens is 573 g/mol. The first-order valence-corrected chi connectivity index (χ1v) is 14.4. The predicted octanol–water partition coefficient (Wildman–Crippen LogP) is 6.84. The molecule has 1 aliphatic heterocycles. The van der Waals surface area contributed by atoms with Gasteiger partial charge >= 0.3 is 12.1 Å². The molecule has 0 saturated carbocycles. The number of aryl methyl sites for hydroxylation is 1. The van der Waals surface area contributed by atoms with Crippen LogP contribution in [0.1, 0.15) is 48.2 Å². The molecule has 44 heavy (non-hydrogen) atoms. The highest BCUT2D eigenvalue weighted by Gasteiger charge is 2.44. The number of rotatable bonds is 11. The van der Waals surface area contributed by atoms with E-state index >= 15 is 0 Å². The SMILES string of the molecule is CCc1cccc(-n2cc(CN(C)CCC3(CC)CN(c4ccc(C(=O)O)cc4)C(=O)O3)c(-c3ccc(F)c(F)c3F)n2)c1. The van der Waals surface area contributed by atoms with E-state index in [1.165, 1.54) is 23.1 Å². The Labute approximate surface area is 253 Å². The summed E-state index contributed by atoms with van der Waals surface area (Å²) in [5.74, 6) is -5.19. The van der Waals surface area contributed by atoms with E-state index in [4.69, 9.17) is 4.74 Å². The number of ether oxygens (including phenoxy) is 1. The van der Waals surface area contributed by atoms with E-state index in [-0.39, 0.29) is 16.8 Å². The van der Waals surface area contributed by atoms with Crippen LogP contribution in [0.4, 0.5) is 23.7 Å². The Morgan fingerprint density at radius 3 is 2.48 bits per heavy atom. The highest BCUT2D eigenvalue weighted by Crippen LogP contribution is 2.34. The van der Waals surface area contributed by atoms with Crippen LogP contribution in [0.15, 0.2) is 66.9 Å². The fraction of sp³-hybridized carbons (Fsp3) is 0.303. The van der Waals surface area contributed by atoms with E-state index in [0.717, 1.165) is 23.7 Å². The van der Waals surface area contributed by atoms with Gasteiger partial charge in [0.25, 0.3) is 0 Å². The first kappa shape index (κ1) is 30.8. The van der Waals surface area contributed by atoms with E-state index in [1.807, 2.05) is 50.1 Å². The van der Waals surface area contributed by atoms with Crippen LogP contribution >= 0.6 is 0 Å². The molecule has 0 spiro atoms. The topological polar surface area (TPSA) is 87.9 Å². The number of aromatic carboxylic acids is 1. The Hall–Kier alpha value is -4.64. The molecule has 1 unspecified atom stereocenters. The van der Waals surface area contributed by atoms with Gasteiger partial charge < -0.3 is 14.7 Å². The number of carbonyl (C=O) groups is 2. The zero-order valence-corrected chi connectivity index (χ0v) is 24.7. The van der Waals surface area contributed by atoms with Gasteiger partial charge in [-0.1, -0.05) is 26.0 Å². The van der Waals surface area contributed by atoms with Crippen LogP contribution in [-0.2, 0) is 17.7 Å². The number of carboxylic acids is 1. The van der Waals surface area contributed by atoms with Crippen molar-refractivity contribution in [2.45, 2.75) is 45.3 Å². The molecule has 0 aliphatic carbocycles. The number of hydrogen-bond donors (Lipinski definition) is 1. The second kappa shape index (κ2) is 12.5. The van der Waals surface area contributed by atoms with Crippen LogP contribution in [0, 0.1) is 17.5 Å². The van der Waals surface area contributed by atoms with Gasteiger partial charge in [-0.3, -0.25) is 4.90 Å². The zero-order valence-electron chi connectivity index (χ0n) is 24.7. The van der Waals surface area contributed by atoms with Gasteiger partial charge in [-0.05, 0) is 74.0 Å². The number of cyclic esters (lactones) is 1. The van der Waals surface area contributed by atoms with Crippen molar-refractivity contribution in [1.29, 1.82) is 0 Å². The number of benzene rings is 3. The molecule has 1 aromatic heterocycles. The van der Waals surface area contributed by atoms with Gasteiger partial charge in [0.2, 0.25) is 0 Å². The summed E-state index contributed by atoms with van der Waals surface area (Å²) in [6.45, 7) is 5.05. The van der Waals surface area contributed by atoms with Gasteiger partial charge in [0.05, 0.1) is 17.8 Å². The summed E-state index contributed by atoms with van der Waals surface area (Å²) in [6.07, 6.45) is 3.09. The molecule has 1 atom stereocenters. The lowest BCUT2D eigenvalue weighted by atomic mass is 9.95. The number of anilines is 1. The van der Waals surface area contributed by atoms with E-state index in [9.17, 15) is 27.9 Å². The van der Waals surface area contributed by atoms with Gasteiger partial charge in [-0.25, -0.2) is 27.4 Å². The van der Waals surface area contributed by atoms with E-state index in [1.54, 1.807) is 23.0 Å². The molecule has 1 amide bonds. The number of aromatic nitrogens is 2. The number of carboxylic acid groups (broad SMARTS) is 1. The average molecular weight is 607 g/mol. The summed E-state index contributed by atoms with van der Waals surface area (Å²) >= 11 is 0. The lowest BCUT2D eigenvalue weighted by molar-refractivity contribution is 0.0386. The molecule has 1 aliphatic rings. The number of nitrogens with zero attached hydrogens (tertiary/aromatic N) is 4. The molecule has 5 rings (SSSR count). The second-order valence-electron chi connectivity index (χ2n) is 11.0. The van der Waals surface area contributed by atoms with Crippen molar-refractivity contribution in [1.82, 2.24) is 14.7 Å². The monoisotopic (exact) mass is 606 g/mol. The van der Waals surface area contributed by atoms with Crippen LogP contribution in [0.25, 0.3) is 16.9 Å². The molecule has 3 aromatic carbocycles. The van der Waals surface area contributed by atoms with Crippen LogP contribution in [0.3, 0.4) is 0 Å². The van der Waals surface area contributed by atoms with Crippen molar-refractivity contribution >= 4 is 17.7 Å². The van der Waals surface area contributed by atoms with Gasteiger partial charge in [0.1, 0.15) is 11.3 Å². The van der Waals surface area contributed by atoms with Crippen molar-refractivity contribution in [3.63, 3.8) is 0 Å². The standard InChI is InChI=1S/C33H33F3N4O4/c1-4-21-7-6-8-25(17-21)40-19-23(30(37-40)26-13-14-27(34)29(36)28(26)35)18-38(3)16-15-33(5-2)20-39(32(43)44-33)24-11-9-22(10-12-24)31(41)42/h6-14,17,19H,4-5,15-16,18,20H2,1-3H3,(H,41,42). The molecule has 11 heteroatoms. The van der Waals surface area contributed by atoms with E-state index < -0.39 is 35.1 Å². The maximum Gasteiger partial charge on any atom is 0.415 e. The van der Waals surface area contributed by atoms with Crippen LogP contribution in [0.2, 0.25) is 0 Å². The minimum absolute atomic E-state index is 0.119. The third kappa shape index (κ3) is 6.19. The molecule has 1 fully saturated rings. The summed E-state index contributed by atoms with van der Waals surface area (Å²) in [5.41, 5.74) is 2.38. The van der Waals surface area contributed by atoms with Gasteiger partial charge in [0, 0.05) is 42.5 Å². The molecule has 230 valence electrons. The molecule has 4 aromatic rings. The average Bonchev–Trinajstić information content (AvgIpc) is 3.60. The Morgan fingerprint density at radius 2 is 1.80 bits per heavy atom. The van der Waals surface area contributed by atoms with Crippen LogP contribution in [0.5, 0.6) is 0 Å². The van der Waals surface area contributed by atoms with E-state index in [0.29, 0.717) is 43.7 Å². The quantitative estimate of drug-likeness (QED) is 0.188. The molecular formula is C33H33F3N4O4. The maximum absolute atomic E-state index is 15.0. The van der Waals surface area contributed by atoms with Crippen molar-refractivity contribution in [3.05, 3.63) is 101 Å². The first-order chi connectivity index (χ1) is 21.0. The van der Waals surface area contributed by atoms with Crippen molar-refractivity contribution < 1.29 is 32.6 Å². The second-order valence-corrected chi connectivity index (χ2v) is 11.0. The Bertz CT molecular complexity index is 1690. The lowest BCUT2D eigenvalue weighted by Gasteiger charge is -2.28. The number of halogens is 3.